The van der Waals surface area contributed by atoms with Gasteiger partial charge in [-0.15, -0.1) is 0 Å². The number of anilines is 1. The van der Waals surface area contributed by atoms with E-state index in [1.54, 1.807) is 7.11 Å². The molecule has 0 unspecified atom stereocenters. The first-order valence-electron chi connectivity index (χ1n) is 5.84. The standard InChI is InChI=1S/C14H17N3O/c1-12-4-5-14(13(10-12)11-16)17(7-3-6-15)8-9-18-2/h4-5,10H,3,7-9H2,1-2H3. The number of ether oxygens (including phenoxy) is 1. The number of nitrogens with zero attached hydrogens (tertiary/aromatic N) is 3. The van der Waals surface area contributed by atoms with Crippen molar-refractivity contribution in [2.75, 3.05) is 31.7 Å². The number of nitriles is 2. The van der Waals surface area contributed by atoms with Crippen molar-refractivity contribution in [1.29, 1.82) is 10.5 Å². The summed E-state index contributed by atoms with van der Waals surface area (Å²) < 4.78 is 5.06. The van der Waals surface area contributed by atoms with Crippen LogP contribution in [0.3, 0.4) is 0 Å². The number of aryl methyl sites for hydroxylation is 1. The van der Waals surface area contributed by atoms with Crippen molar-refractivity contribution in [2.24, 2.45) is 0 Å². The van der Waals surface area contributed by atoms with Crippen molar-refractivity contribution in [3.05, 3.63) is 29.3 Å². The van der Waals surface area contributed by atoms with Crippen LogP contribution in [0.5, 0.6) is 0 Å². The molecule has 0 heterocycles. The molecule has 0 saturated carbocycles. The van der Waals surface area contributed by atoms with Gasteiger partial charge in [0.2, 0.25) is 0 Å². The van der Waals surface area contributed by atoms with Gasteiger partial charge in [-0.05, 0) is 24.6 Å². The second-order valence-corrected chi connectivity index (χ2v) is 4.02. The van der Waals surface area contributed by atoms with Crippen molar-refractivity contribution in [3.63, 3.8) is 0 Å². The molecule has 0 atom stereocenters. The fourth-order valence-electron chi connectivity index (χ4n) is 1.75. The van der Waals surface area contributed by atoms with Crippen LogP contribution in [0.15, 0.2) is 18.2 Å². The van der Waals surface area contributed by atoms with Crippen molar-refractivity contribution in [1.82, 2.24) is 0 Å². The minimum Gasteiger partial charge on any atom is -0.383 e. The molecule has 0 radical (unpaired) electrons. The molecule has 1 aromatic carbocycles. The van der Waals surface area contributed by atoms with Gasteiger partial charge in [-0.2, -0.15) is 10.5 Å². The molecule has 1 rings (SSSR count). The van der Waals surface area contributed by atoms with E-state index >= 15 is 0 Å². The Balaban J connectivity index is 2.97. The average molecular weight is 243 g/mol. The van der Waals surface area contributed by atoms with Gasteiger partial charge in [0.15, 0.2) is 0 Å². The molecule has 0 fully saturated rings. The highest BCUT2D eigenvalue weighted by atomic mass is 16.5. The molecule has 0 aliphatic heterocycles. The lowest BCUT2D eigenvalue weighted by Crippen LogP contribution is -2.28. The molecule has 1 aromatic rings. The Labute approximate surface area is 108 Å². The fraction of sp³-hybridized carbons (Fsp3) is 0.429. The maximum Gasteiger partial charge on any atom is 0.101 e. The van der Waals surface area contributed by atoms with E-state index in [-0.39, 0.29) is 0 Å². The molecular formula is C14H17N3O. The summed E-state index contributed by atoms with van der Waals surface area (Å²) in [6.45, 7) is 3.82. The summed E-state index contributed by atoms with van der Waals surface area (Å²) in [7, 11) is 1.64. The van der Waals surface area contributed by atoms with E-state index in [4.69, 9.17) is 15.3 Å². The molecule has 0 N–H and O–H groups in total. The van der Waals surface area contributed by atoms with Crippen LogP contribution < -0.4 is 4.90 Å². The van der Waals surface area contributed by atoms with Gasteiger partial charge < -0.3 is 9.64 Å². The van der Waals surface area contributed by atoms with E-state index in [0.717, 1.165) is 11.3 Å². The first-order valence-corrected chi connectivity index (χ1v) is 5.84. The van der Waals surface area contributed by atoms with E-state index in [1.807, 2.05) is 30.0 Å². The van der Waals surface area contributed by atoms with Crippen LogP contribution in [-0.4, -0.2) is 26.8 Å². The molecule has 0 spiro atoms. The molecule has 18 heavy (non-hydrogen) atoms. The molecule has 0 saturated heterocycles. The van der Waals surface area contributed by atoms with Gasteiger partial charge in [-0.3, -0.25) is 0 Å². The summed E-state index contributed by atoms with van der Waals surface area (Å²) in [6, 6.07) is 10.1. The zero-order chi connectivity index (χ0) is 13.4. The second kappa shape index (κ2) is 7.32. The first kappa shape index (κ1) is 14.0. The molecule has 0 aliphatic carbocycles. The van der Waals surface area contributed by atoms with Crippen LogP contribution in [0.25, 0.3) is 0 Å². The van der Waals surface area contributed by atoms with Crippen molar-refractivity contribution in [3.8, 4) is 12.1 Å². The van der Waals surface area contributed by atoms with E-state index in [9.17, 15) is 0 Å². The zero-order valence-corrected chi connectivity index (χ0v) is 10.8. The molecule has 4 nitrogen and oxygen atoms in total. The van der Waals surface area contributed by atoms with E-state index in [1.165, 1.54) is 0 Å². The van der Waals surface area contributed by atoms with Gasteiger partial charge in [0.1, 0.15) is 6.07 Å². The lowest BCUT2D eigenvalue weighted by molar-refractivity contribution is 0.205. The second-order valence-electron chi connectivity index (χ2n) is 4.02. The number of methoxy groups -OCH3 is 1. The monoisotopic (exact) mass is 243 g/mol. The van der Waals surface area contributed by atoms with E-state index in [2.05, 4.69) is 12.1 Å². The Hall–Kier alpha value is -2.04. The van der Waals surface area contributed by atoms with Gasteiger partial charge in [0, 0.05) is 20.2 Å². The van der Waals surface area contributed by atoms with E-state index in [0.29, 0.717) is 31.7 Å². The van der Waals surface area contributed by atoms with Crippen LogP contribution in [0.1, 0.15) is 17.5 Å². The Bertz CT molecular complexity index is 471. The highest BCUT2D eigenvalue weighted by molar-refractivity contribution is 5.60. The van der Waals surface area contributed by atoms with Crippen LogP contribution in [0.4, 0.5) is 5.69 Å². The molecule has 0 aromatic heterocycles. The first-order chi connectivity index (χ1) is 8.72. The fourth-order valence-corrected chi connectivity index (χ4v) is 1.75. The van der Waals surface area contributed by atoms with Gasteiger partial charge in [-0.1, -0.05) is 6.07 Å². The predicted molar refractivity (Wildman–Crippen MR) is 70.2 cm³/mol. The third-order valence-corrected chi connectivity index (χ3v) is 2.67. The van der Waals surface area contributed by atoms with Gasteiger partial charge in [0.25, 0.3) is 0 Å². The molecule has 94 valence electrons. The third-order valence-electron chi connectivity index (χ3n) is 2.67. The summed E-state index contributed by atoms with van der Waals surface area (Å²) in [5.74, 6) is 0. The summed E-state index contributed by atoms with van der Waals surface area (Å²) in [6.07, 6.45) is 0.433. The number of hydrogen-bond donors (Lipinski definition) is 0. The predicted octanol–water partition coefficient (Wildman–Crippen LogP) is 2.23. The summed E-state index contributed by atoms with van der Waals surface area (Å²) in [5.41, 5.74) is 2.57. The zero-order valence-electron chi connectivity index (χ0n) is 10.8. The van der Waals surface area contributed by atoms with Crippen LogP contribution in [0.2, 0.25) is 0 Å². The molecule has 4 heteroatoms. The molecule has 0 aliphatic rings. The maximum atomic E-state index is 9.17. The van der Waals surface area contributed by atoms with Crippen LogP contribution in [-0.2, 0) is 4.74 Å². The summed E-state index contributed by atoms with van der Waals surface area (Å²) in [4.78, 5) is 2.02. The molecule has 0 amide bonds. The van der Waals surface area contributed by atoms with Crippen LogP contribution >= 0.6 is 0 Å². The third kappa shape index (κ3) is 3.76. The van der Waals surface area contributed by atoms with E-state index < -0.39 is 0 Å². The number of hydrogen-bond acceptors (Lipinski definition) is 4. The highest BCUT2D eigenvalue weighted by Crippen LogP contribution is 2.21. The Morgan fingerprint density at radius 3 is 2.67 bits per heavy atom. The minimum absolute atomic E-state index is 0.433. The average Bonchev–Trinajstić information content (AvgIpc) is 2.39. The summed E-state index contributed by atoms with van der Waals surface area (Å²) >= 11 is 0. The smallest absolute Gasteiger partial charge is 0.101 e. The molecular weight excluding hydrogens is 226 g/mol. The Morgan fingerprint density at radius 1 is 1.28 bits per heavy atom. The maximum absolute atomic E-state index is 9.17. The lowest BCUT2D eigenvalue weighted by Gasteiger charge is -2.24. The normalized spacial score (nSPS) is 9.56. The Kier molecular flexibility index (Phi) is 5.70. The minimum atomic E-state index is 0.433. The largest absolute Gasteiger partial charge is 0.383 e. The van der Waals surface area contributed by atoms with Gasteiger partial charge in [-0.25, -0.2) is 0 Å². The topological polar surface area (TPSA) is 60.0 Å². The summed E-state index contributed by atoms with van der Waals surface area (Å²) in [5, 5.41) is 17.9. The van der Waals surface area contributed by atoms with Crippen molar-refractivity contribution >= 4 is 5.69 Å². The quantitative estimate of drug-likeness (QED) is 0.768. The highest BCUT2D eigenvalue weighted by Gasteiger charge is 2.11. The van der Waals surface area contributed by atoms with Crippen molar-refractivity contribution < 1.29 is 4.74 Å². The van der Waals surface area contributed by atoms with Gasteiger partial charge in [0.05, 0.1) is 30.3 Å². The number of benzene rings is 1. The van der Waals surface area contributed by atoms with Crippen molar-refractivity contribution in [2.45, 2.75) is 13.3 Å². The Morgan fingerprint density at radius 2 is 2.06 bits per heavy atom. The molecule has 0 bridgehead atoms. The van der Waals surface area contributed by atoms with Crippen LogP contribution in [0, 0.1) is 29.6 Å². The SMILES string of the molecule is COCCN(CCC#N)c1ccc(C)cc1C#N. The number of rotatable bonds is 6. The van der Waals surface area contributed by atoms with Gasteiger partial charge >= 0.3 is 0 Å². The lowest BCUT2D eigenvalue weighted by atomic mass is 10.1.